The van der Waals surface area contributed by atoms with Gasteiger partial charge in [0.15, 0.2) is 0 Å². The molecule has 2 aromatic heterocycles. The Morgan fingerprint density at radius 2 is 1.90 bits per heavy atom. The van der Waals surface area contributed by atoms with Crippen molar-refractivity contribution in [2.24, 2.45) is 0 Å². The summed E-state index contributed by atoms with van der Waals surface area (Å²) in [7, 11) is 3.53. The van der Waals surface area contributed by atoms with Gasteiger partial charge in [0.1, 0.15) is 5.69 Å². The third-order valence-electron chi connectivity index (χ3n) is 5.34. The van der Waals surface area contributed by atoms with Gasteiger partial charge in [-0.2, -0.15) is 5.10 Å². The molecule has 3 heterocycles. The molecule has 1 N–H and O–H groups in total. The lowest BCUT2D eigenvalue weighted by Crippen LogP contribution is -2.31. The minimum absolute atomic E-state index is 0.359. The Balaban J connectivity index is 1.71. The number of nitrogens with zero attached hydrogens (tertiary/aromatic N) is 4. The van der Waals surface area contributed by atoms with Gasteiger partial charge >= 0.3 is 5.97 Å². The van der Waals surface area contributed by atoms with Crippen LogP contribution in [0.5, 0.6) is 0 Å². The number of likely N-dealkylation sites (tertiary alicyclic amines) is 1. The van der Waals surface area contributed by atoms with Crippen molar-refractivity contribution in [3.8, 4) is 11.3 Å². The van der Waals surface area contributed by atoms with Gasteiger partial charge < -0.3 is 15.0 Å². The largest absolute Gasteiger partial charge is 0.465 e. The van der Waals surface area contributed by atoms with Gasteiger partial charge in [-0.15, -0.1) is 0 Å². The van der Waals surface area contributed by atoms with Crippen molar-refractivity contribution < 1.29 is 9.53 Å². The van der Waals surface area contributed by atoms with E-state index in [1.165, 1.54) is 7.11 Å². The number of hydrogen-bond acceptors (Lipinski definition) is 6. The van der Waals surface area contributed by atoms with Crippen LogP contribution in [0.1, 0.15) is 29.2 Å². The maximum atomic E-state index is 12.1. The number of nitrogens with one attached hydrogen (secondary N) is 1. The molecule has 29 heavy (non-hydrogen) atoms. The van der Waals surface area contributed by atoms with Gasteiger partial charge in [0.25, 0.3) is 0 Å². The predicted octanol–water partition coefficient (Wildman–Crippen LogP) is 3.74. The summed E-state index contributed by atoms with van der Waals surface area (Å²) in [6.07, 6.45) is 7.37. The third kappa shape index (κ3) is 4.14. The van der Waals surface area contributed by atoms with Gasteiger partial charge in [-0.25, -0.2) is 4.79 Å². The first-order chi connectivity index (χ1) is 14.2. The number of methoxy groups -OCH3 is 1. The molecule has 1 fully saturated rings. The third-order valence-corrected chi connectivity index (χ3v) is 5.34. The molecule has 1 saturated heterocycles. The van der Waals surface area contributed by atoms with Gasteiger partial charge in [0, 0.05) is 18.0 Å². The first-order valence-electron chi connectivity index (χ1n) is 9.78. The predicted molar refractivity (Wildman–Crippen MR) is 112 cm³/mol. The Morgan fingerprint density at radius 3 is 2.62 bits per heavy atom. The molecule has 1 aliphatic heterocycles. The van der Waals surface area contributed by atoms with Crippen LogP contribution in [0, 0.1) is 0 Å². The van der Waals surface area contributed by atoms with Crippen LogP contribution >= 0.6 is 0 Å². The van der Waals surface area contributed by atoms with Crippen molar-refractivity contribution in [2.45, 2.75) is 18.9 Å². The lowest BCUT2D eigenvalue weighted by molar-refractivity contribution is 0.0602. The SMILES string of the molecule is COC(=O)c1ccncc1Nc1cn(C2CCN(C)CC2)nc1-c1ccccc1. The van der Waals surface area contributed by atoms with Gasteiger partial charge in [0.05, 0.1) is 36.3 Å². The van der Waals surface area contributed by atoms with Crippen LogP contribution in [-0.2, 0) is 4.74 Å². The quantitative estimate of drug-likeness (QED) is 0.668. The molecule has 1 aliphatic rings. The van der Waals surface area contributed by atoms with Crippen LogP contribution in [0.3, 0.4) is 0 Å². The summed E-state index contributed by atoms with van der Waals surface area (Å²) in [6.45, 7) is 2.12. The molecule has 0 saturated carbocycles. The Morgan fingerprint density at radius 1 is 1.14 bits per heavy atom. The Labute approximate surface area is 170 Å². The number of benzene rings is 1. The normalized spacial score (nSPS) is 15.2. The fourth-order valence-corrected chi connectivity index (χ4v) is 3.67. The molecule has 0 bridgehead atoms. The van der Waals surface area contributed by atoms with Crippen LogP contribution in [-0.4, -0.2) is 52.9 Å². The summed E-state index contributed by atoms with van der Waals surface area (Å²) in [5.41, 5.74) is 3.75. The molecular formula is C22H25N5O2. The second-order valence-corrected chi connectivity index (χ2v) is 7.31. The smallest absolute Gasteiger partial charge is 0.340 e. The number of anilines is 2. The number of hydrogen-bond donors (Lipinski definition) is 1. The Kier molecular flexibility index (Phi) is 5.57. The van der Waals surface area contributed by atoms with E-state index in [9.17, 15) is 4.79 Å². The number of piperidine rings is 1. The number of ether oxygens (including phenoxy) is 1. The molecule has 0 spiro atoms. The van der Waals surface area contributed by atoms with Crippen molar-refractivity contribution in [3.05, 3.63) is 60.6 Å². The molecule has 0 amide bonds. The highest BCUT2D eigenvalue weighted by Gasteiger charge is 2.22. The highest BCUT2D eigenvalue weighted by Crippen LogP contribution is 2.33. The molecule has 0 unspecified atom stereocenters. The van der Waals surface area contributed by atoms with E-state index in [4.69, 9.17) is 9.84 Å². The molecule has 1 aromatic carbocycles. The molecule has 0 atom stereocenters. The van der Waals surface area contributed by atoms with Crippen LogP contribution in [0.2, 0.25) is 0 Å². The lowest BCUT2D eigenvalue weighted by atomic mass is 10.1. The van der Waals surface area contributed by atoms with Gasteiger partial charge in [0.2, 0.25) is 0 Å². The van der Waals surface area contributed by atoms with Gasteiger partial charge in [-0.05, 0) is 39.0 Å². The van der Waals surface area contributed by atoms with Crippen LogP contribution in [0.4, 0.5) is 11.4 Å². The monoisotopic (exact) mass is 391 g/mol. The molecule has 0 aliphatic carbocycles. The van der Waals surface area contributed by atoms with Gasteiger partial charge in [-0.1, -0.05) is 30.3 Å². The van der Waals surface area contributed by atoms with E-state index in [-0.39, 0.29) is 0 Å². The summed E-state index contributed by atoms with van der Waals surface area (Å²) in [4.78, 5) is 18.7. The summed E-state index contributed by atoms with van der Waals surface area (Å²) < 4.78 is 6.97. The number of carbonyl (C=O) groups excluding carboxylic acids is 1. The topological polar surface area (TPSA) is 72.3 Å². The zero-order chi connectivity index (χ0) is 20.2. The molecule has 0 radical (unpaired) electrons. The average molecular weight is 391 g/mol. The van der Waals surface area contributed by atoms with E-state index >= 15 is 0 Å². The number of rotatable bonds is 5. The number of aromatic nitrogens is 3. The lowest BCUT2D eigenvalue weighted by Gasteiger charge is -2.29. The van der Waals surface area contributed by atoms with Crippen LogP contribution in [0.15, 0.2) is 55.0 Å². The maximum absolute atomic E-state index is 12.1. The van der Waals surface area contributed by atoms with Crippen molar-refractivity contribution in [1.29, 1.82) is 0 Å². The van der Waals surface area contributed by atoms with Crippen molar-refractivity contribution >= 4 is 17.3 Å². The second kappa shape index (κ2) is 8.45. The van der Waals surface area contributed by atoms with E-state index in [1.54, 1.807) is 18.5 Å². The van der Waals surface area contributed by atoms with Crippen LogP contribution < -0.4 is 5.32 Å². The zero-order valence-electron chi connectivity index (χ0n) is 16.7. The van der Waals surface area contributed by atoms with E-state index < -0.39 is 5.97 Å². The summed E-state index contributed by atoms with van der Waals surface area (Å²) in [6, 6.07) is 12.1. The average Bonchev–Trinajstić information content (AvgIpc) is 3.18. The second-order valence-electron chi connectivity index (χ2n) is 7.31. The van der Waals surface area contributed by atoms with E-state index in [0.29, 0.717) is 17.3 Å². The first kappa shape index (κ1) is 19.1. The zero-order valence-corrected chi connectivity index (χ0v) is 16.7. The molecular weight excluding hydrogens is 366 g/mol. The molecule has 4 rings (SSSR count). The van der Waals surface area contributed by atoms with Crippen molar-refractivity contribution in [1.82, 2.24) is 19.7 Å². The minimum atomic E-state index is -0.404. The fourth-order valence-electron chi connectivity index (χ4n) is 3.67. The standard InChI is InChI=1S/C22H25N5O2/c1-26-12-9-17(10-13-26)27-15-20(21(25-27)16-6-4-3-5-7-16)24-19-14-23-11-8-18(19)22(28)29-2/h3-8,11,14-15,17,24H,9-10,12-13H2,1-2H3. The van der Waals surface area contributed by atoms with Crippen LogP contribution in [0.25, 0.3) is 11.3 Å². The summed E-state index contributed by atoms with van der Waals surface area (Å²) in [5.74, 6) is -0.404. The fraction of sp³-hybridized carbons (Fsp3) is 0.318. The van der Waals surface area contributed by atoms with E-state index in [1.807, 2.05) is 36.5 Å². The highest BCUT2D eigenvalue weighted by molar-refractivity contribution is 5.96. The van der Waals surface area contributed by atoms with Crippen molar-refractivity contribution in [2.75, 3.05) is 32.6 Å². The van der Waals surface area contributed by atoms with E-state index in [0.717, 1.165) is 42.9 Å². The molecule has 3 aromatic rings. The summed E-state index contributed by atoms with van der Waals surface area (Å²) >= 11 is 0. The first-order valence-corrected chi connectivity index (χ1v) is 9.78. The Hall–Kier alpha value is -3.19. The number of carbonyl (C=O) groups is 1. The summed E-state index contributed by atoms with van der Waals surface area (Å²) in [5, 5.41) is 8.29. The molecule has 150 valence electrons. The highest BCUT2D eigenvalue weighted by atomic mass is 16.5. The molecule has 7 nitrogen and oxygen atoms in total. The van der Waals surface area contributed by atoms with Crippen molar-refractivity contribution in [3.63, 3.8) is 0 Å². The van der Waals surface area contributed by atoms with Gasteiger partial charge in [-0.3, -0.25) is 9.67 Å². The maximum Gasteiger partial charge on any atom is 0.340 e. The van der Waals surface area contributed by atoms with E-state index in [2.05, 4.69) is 26.9 Å². The number of esters is 1. The number of pyridine rings is 1. The minimum Gasteiger partial charge on any atom is -0.465 e. The molecule has 7 heteroatoms. The Bertz CT molecular complexity index is 978.